The lowest BCUT2D eigenvalue weighted by Gasteiger charge is -2.25. The van der Waals surface area contributed by atoms with Gasteiger partial charge in [0.1, 0.15) is 13.2 Å². The second-order valence-corrected chi connectivity index (χ2v) is 6.17. The Bertz CT molecular complexity index is 777. The minimum atomic E-state index is -1.06. The Balaban J connectivity index is 2.22. The molecule has 0 fully saturated rings. The molecule has 2 rings (SSSR count). The zero-order chi connectivity index (χ0) is 19.8. The fourth-order valence-corrected chi connectivity index (χ4v) is 2.47. The molecule has 7 heteroatoms. The average Bonchev–Trinajstić information content (AvgIpc) is 2.65. The number of hydrogen-bond donors (Lipinski definition) is 1. The van der Waals surface area contributed by atoms with Gasteiger partial charge in [-0.25, -0.2) is 0 Å². The third-order valence-electron chi connectivity index (χ3n) is 3.80. The summed E-state index contributed by atoms with van der Waals surface area (Å²) in [5, 5.41) is 9.05. The van der Waals surface area contributed by atoms with Gasteiger partial charge in [-0.05, 0) is 45.0 Å². The van der Waals surface area contributed by atoms with Gasteiger partial charge in [-0.2, -0.15) is 0 Å². The van der Waals surface area contributed by atoms with E-state index in [0.29, 0.717) is 30.3 Å². The number of amides is 1. The summed E-state index contributed by atoms with van der Waals surface area (Å²) >= 11 is 0. The summed E-state index contributed by atoms with van der Waals surface area (Å²) in [4.78, 5) is 29.1. The van der Waals surface area contributed by atoms with Crippen molar-refractivity contribution in [1.29, 1.82) is 0 Å². The molecule has 1 amide bonds. The van der Waals surface area contributed by atoms with E-state index in [4.69, 9.17) is 14.6 Å². The number of nitrogens with zero attached hydrogens (tertiary/aromatic N) is 2. The lowest BCUT2D eigenvalue weighted by atomic mass is 10.1. The lowest BCUT2D eigenvalue weighted by molar-refractivity contribution is -0.138. The molecule has 27 heavy (non-hydrogen) atoms. The molecule has 0 saturated heterocycles. The maximum absolute atomic E-state index is 12.7. The van der Waals surface area contributed by atoms with Gasteiger partial charge in [-0.3, -0.25) is 14.6 Å². The molecule has 0 bridgehead atoms. The quantitative estimate of drug-likeness (QED) is 0.728. The van der Waals surface area contributed by atoms with Gasteiger partial charge in [0.2, 0.25) is 0 Å². The third-order valence-corrected chi connectivity index (χ3v) is 3.80. The van der Waals surface area contributed by atoms with E-state index in [1.54, 1.807) is 44.4 Å². The Morgan fingerprint density at radius 1 is 1.19 bits per heavy atom. The molecule has 0 radical (unpaired) electrons. The van der Waals surface area contributed by atoms with Gasteiger partial charge in [0.05, 0.1) is 6.61 Å². The van der Waals surface area contributed by atoms with Crippen LogP contribution in [0.2, 0.25) is 0 Å². The standard InChI is InChI=1S/C20H24N2O5/c1-4-26-18-10-16(20(25)22(14(2)3)12-19(23)24)7-8-17(18)27-13-15-6-5-9-21-11-15/h5-11,14H,4,12-13H2,1-3H3,(H,23,24). The average molecular weight is 372 g/mol. The van der Waals surface area contributed by atoms with Crippen molar-refractivity contribution in [2.45, 2.75) is 33.4 Å². The monoisotopic (exact) mass is 372 g/mol. The van der Waals surface area contributed by atoms with E-state index in [9.17, 15) is 9.59 Å². The normalized spacial score (nSPS) is 10.5. The number of benzene rings is 1. The molecule has 1 aromatic heterocycles. The van der Waals surface area contributed by atoms with Crippen LogP contribution >= 0.6 is 0 Å². The van der Waals surface area contributed by atoms with Crippen LogP contribution in [0.25, 0.3) is 0 Å². The Morgan fingerprint density at radius 3 is 2.56 bits per heavy atom. The first-order valence-corrected chi connectivity index (χ1v) is 8.73. The van der Waals surface area contributed by atoms with E-state index in [2.05, 4.69) is 4.98 Å². The number of carbonyl (C=O) groups excluding carboxylic acids is 1. The molecule has 0 spiro atoms. The lowest BCUT2D eigenvalue weighted by Crippen LogP contribution is -2.40. The topological polar surface area (TPSA) is 89.0 Å². The van der Waals surface area contributed by atoms with E-state index in [1.165, 1.54) is 4.90 Å². The number of hydrogen-bond acceptors (Lipinski definition) is 5. The summed E-state index contributed by atoms with van der Waals surface area (Å²) < 4.78 is 11.4. The van der Waals surface area contributed by atoms with E-state index in [1.807, 2.05) is 19.1 Å². The fourth-order valence-electron chi connectivity index (χ4n) is 2.47. The Kier molecular flexibility index (Phi) is 7.16. The molecular weight excluding hydrogens is 348 g/mol. The van der Waals surface area contributed by atoms with Crippen LogP contribution in [0.1, 0.15) is 36.7 Å². The maximum Gasteiger partial charge on any atom is 0.323 e. The van der Waals surface area contributed by atoms with Crippen LogP contribution in [0.5, 0.6) is 11.5 Å². The molecule has 0 aliphatic heterocycles. The highest BCUT2D eigenvalue weighted by Crippen LogP contribution is 2.30. The van der Waals surface area contributed by atoms with Gasteiger partial charge >= 0.3 is 5.97 Å². The second-order valence-electron chi connectivity index (χ2n) is 6.17. The van der Waals surface area contributed by atoms with Crippen molar-refractivity contribution in [3.05, 3.63) is 53.9 Å². The molecule has 0 saturated carbocycles. The highest BCUT2D eigenvalue weighted by Gasteiger charge is 2.22. The molecule has 2 aromatic rings. The molecule has 0 aliphatic rings. The Labute approximate surface area is 158 Å². The largest absolute Gasteiger partial charge is 0.490 e. The van der Waals surface area contributed by atoms with Crippen molar-refractivity contribution in [1.82, 2.24) is 9.88 Å². The minimum Gasteiger partial charge on any atom is -0.490 e. The van der Waals surface area contributed by atoms with Gasteiger partial charge in [-0.1, -0.05) is 6.07 Å². The minimum absolute atomic E-state index is 0.245. The molecule has 144 valence electrons. The van der Waals surface area contributed by atoms with E-state index < -0.39 is 5.97 Å². The summed E-state index contributed by atoms with van der Waals surface area (Å²) in [5.41, 5.74) is 1.26. The number of aromatic nitrogens is 1. The molecule has 1 aromatic carbocycles. The highest BCUT2D eigenvalue weighted by molar-refractivity contribution is 5.96. The smallest absolute Gasteiger partial charge is 0.323 e. The fraction of sp³-hybridized carbons (Fsp3) is 0.350. The zero-order valence-electron chi connectivity index (χ0n) is 15.7. The third kappa shape index (κ3) is 5.70. The van der Waals surface area contributed by atoms with E-state index in [-0.39, 0.29) is 18.5 Å². The molecule has 0 atom stereocenters. The van der Waals surface area contributed by atoms with Crippen LogP contribution in [0.4, 0.5) is 0 Å². The van der Waals surface area contributed by atoms with Crippen molar-refractivity contribution in [3.63, 3.8) is 0 Å². The first kappa shape index (κ1) is 20.2. The van der Waals surface area contributed by atoms with E-state index in [0.717, 1.165) is 5.56 Å². The summed E-state index contributed by atoms with van der Waals surface area (Å²) in [7, 11) is 0. The predicted octanol–water partition coefficient (Wildman–Crippen LogP) is 2.99. The summed E-state index contributed by atoms with van der Waals surface area (Å²) in [5.74, 6) is -0.483. The molecule has 7 nitrogen and oxygen atoms in total. The number of ether oxygens (including phenoxy) is 2. The number of carboxylic acid groups (broad SMARTS) is 1. The number of carbonyl (C=O) groups is 2. The van der Waals surface area contributed by atoms with Crippen LogP contribution in [-0.2, 0) is 11.4 Å². The maximum atomic E-state index is 12.7. The van der Waals surface area contributed by atoms with Crippen molar-refractivity contribution in [2.75, 3.05) is 13.2 Å². The van der Waals surface area contributed by atoms with Crippen LogP contribution in [0.15, 0.2) is 42.7 Å². The van der Waals surface area contributed by atoms with Crippen LogP contribution in [-0.4, -0.2) is 46.1 Å². The predicted molar refractivity (Wildman–Crippen MR) is 100.0 cm³/mol. The first-order chi connectivity index (χ1) is 12.9. The Morgan fingerprint density at radius 2 is 1.96 bits per heavy atom. The highest BCUT2D eigenvalue weighted by atomic mass is 16.5. The molecule has 0 unspecified atom stereocenters. The summed E-state index contributed by atoms with van der Waals surface area (Å²) in [6.45, 7) is 5.75. The number of rotatable bonds is 9. The molecule has 1 N–H and O–H groups in total. The SMILES string of the molecule is CCOc1cc(C(=O)N(CC(=O)O)C(C)C)ccc1OCc1cccnc1. The van der Waals surface area contributed by atoms with Crippen molar-refractivity contribution >= 4 is 11.9 Å². The van der Waals surface area contributed by atoms with Gasteiger partial charge in [0, 0.05) is 29.6 Å². The van der Waals surface area contributed by atoms with Crippen molar-refractivity contribution in [3.8, 4) is 11.5 Å². The number of carboxylic acids is 1. The Hall–Kier alpha value is -3.09. The molecule has 0 aliphatic carbocycles. The summed E-state index contributed by atoms with van der Waals surface area (Å²) in [6.07, 6.45) is 3.40. The number of aliphatic carboxylic acids is 1. The van der Waals surface area contributed by atoms with Crippen LogP contribution < -0.4 is 9.47 Å². The van der Waals surface area contributed by atoms with E-state index >= 15 is 0 Å². The van der Waals surface area contributed by atoms with Crippen molar-refractivity contribution in [2.24, 2.45) is 0 Å². The zero-order valence-corrected chi connectivity index (χ0v) is 15.7. The number of pyridine rings is 1. The first-order valence-electron chi connectivity index (χ1n) is 8.73. The van der Waals surface area contributed by atoms with Crippen LogP contribution in [0, 0.1) is 0 Å². The van der Waals surface area contributed by atoms with Gasteiger partial charge in [0.25, 0.3) is 5.91 Å². The van der Waals surface area contributed by atoms with Crippen LogP contribution in [0.3, 0.4) is 0 Å². The molecular formula is C20H24N2O5. The van der Waals surface area contributed by atoms with Gasteiger partial charge < -0.3 is 19.5 Å². The second kappa shape index (κ2) is 9.56. The summed E-state index contributed by atoms with van der Waals surface area (Å²) in [6, 6.07) is 8.34. The van der Waals surface area contributed by atoms with Gasteiger partial charge in [0.15, 0.2) is 11.5 Å². The molecule has 1 heterocycles. The van der Waals surface area contributed by atoms with Gasteiger partial charge in [-0.15, -0.1) is 0 Å². The van der Waals surface area contributed by atoms with Crippen molar-refractivity contribution < 1.29 is 24.2 Å².